The summed E-state index contributed by atoms with van der Waals surface area (Å²) in [4.78, 5) is 0.206. The lowest BCUT2D eigenvalue weighted by atomic mass is 10.2. The van der Waals surface area contributed by atoms with Crippen molar-refractivity contribution in [2.24, 2.45) is 0 Å². The Hall–Kier alpha value is -1.20. The maximum atomic E-state index is 8.75. The monoisotopic (exact) mass is 187 g/mol. The molecule has 0 bridgehead atoms. The first-order chi connectivity index (χ1) is 8.53. The van der Waals surface area contributed by atoms with Gasteiger partial charge in [0, 0.05) is 22.2 Å². The molecule has 0 aliphatic rings. The Bertz CT molecular complexity index is 421. The van der Waals surface area contributed by atoms with Gasteiger partial charge in [-0.25, -0.2) is 0 Å². The van der Waals surface area contributed by atoms with Crippen molar-refractivity contribution in [3.05, 3.63) is 24.3 Å². The van der Waals surface area contributed by atoms with E-state index in [1.54, 1.807) is 0 Å². The highest BCUT2D eigenvalue weighted by atomic mass is 16.6. The molecule has 2 N–H and O–H groups in total. The maximum Gasteiger partial charge on any atom is 0.707 e. The molecule has 0 fully saturated rings. The molecule has 0 unspecified atom stereocenters. The summed E-state index contributed by atoms with van der Waals surface area (Å²) < 4.78 is 48.3. The van der Waals surface area contributed by atoms with Crippen molar-refractivity contribution < 1.29 is 22.9 Å². The van der Waals surface area contributed by atoms with Gasteiger partial charge in [0.1, 0.15) is 5.75 Å². The minimum Gasteiger partial charge on any atom is -0.510 e. The Kier molecular flexibility index (Phi) is 1.39. The standard InChI is InChI=1S/C8H12BNO3/c1-10(2)7-5-3-4-6-8(7)13-9(11)12/h3-6,11-12H,1-2H3/i1D3,2D3. The molecule has 13 heavy (non-hydrogen) atoms. The molecule has 0 spiro atoms. The van der Waals surface area contributed by atoms with Crippen LogP contribution < -0.4 is 9.55 Å². The molecule has 1 rings (SSSR count). The van der Waals surface area contributed by atoms with E-state index in [-0.39, 0.29) is 16.3 Å². The van der Waals surface area contributed by atoms with Gasteiger partial charge < -0.3 is 19.6 Å². The molecule has 4 nitrogen and oxygen atoms in total. The van der Waals surface area contributed by atoms with Gasteiger partial charge in [0.2, 0.25) is 0 Å². The fourth-order valence-corrected chi connectivity index (χ4v) is 0.855. The topological polar surface area (TPSA) is 52.9 Å². The third-order valence-corrected chi connectivity index (χ3v) is 1.34. The largest absolute Gasteiger partial charge is 0.707 e. The van der Waals surface area contributed by atoms with E-state index in [0.29, 0.717) is 0 Å². The zero-order valence-electron chi connectivity index (χ0n) is 12.6. The van der Waals surface area contributed by atoms with E-state index in [4.69, 9.17) is 18.3 Å². The van der Waals surface area contributed by atoms with Gasteiger partial charge >= 0.3 is 7.32 Å². The zero-order chi connectivity index (χ0) is 14.8. The van der Waals surface area contributed by atoms with Crippen molar-refractivity contribution in [1.29, 1.82) is 0 Å². The van der Waals surface area contributed by atoms with Crippen LogP contribution >= 0.6 is 0 Å². The Morgan fingerprint density at radius 1 is 1.38 bits per heavy atom. The highest BCUT2D eigenvalue weighted by Gasteiger charge is 2.14. The van der Waals surface area contributed by atoms with Crippen LogP contribution in [0.1, 0.15) is 8.22 Å². The van der Waals surface area contributed by atoms with Crippen molar-refractivity contribution in [3.63, 3.8) is 0 Å². The third-order valence-electron chi connectivity index (χ3n) is 1.34. The molecule has 0 saturated heterocycles. The highest BCUT2D eigenvalue weighted by molar-refractivity contribution is 6.33. The van der Waals surface area contributed by atoms with Gasteiger partial charge in [-0.3, -0.25) is 0 Å². The first kappa shape index (κ1) is 4.35. The molecule has 70 valence electrons. The molecule has 0 heterocycles. The molecule has 0 aliphatic heterocycles. The Morgan fingerprint density at radius 3 is 2.69 bits per heavy atom. The number of hydrogen-bond acceptors (Lipinski definition) is 4. The average Bonchev–Trinajstić information content (AvgIpc) is 2.15. The lowest BCUT2D eigenvalue weighted by Gasteiger charge is -2.17. The number of nitrogens with zero attached hydrogens (tertiary/aromatic N) is 1. The molecule has 1 aromatic rings. The van der Waals surface area contributed by atoms with Crippen molar-refractivity contribution in [3.8, 4) is 5.75 Å². The summed E-state index contributed by atoms with van der Waals surface area (Å²) in [6, 6.07) is 5.30. The molecular formula is C8H12BNO3. The lowest BCUT2D eigenvalue weighted by molar-refractivity contribution is 0.288. The summed E-state index contributed by atoms with van der Waals surface area (Å²) in [7, 11) is -2.18. The van der Waals surface area contributed by atoms with Gasteiger partial charge in [-0.05, 0) is 12.1 Å². The van der Waals surface area contributed by atoms with E-state index in [1.165, 1.54) is 24.3 Å². The summed E-state index contributed by atoms with van der Waals surface area (Å²) in [5.74, 6) is -0.259. The number of rotatable bonds is 3. The number of hydrogen-bond donors (Lipinski definition) is 2. The van der Waals surface area contributed by atoms with Crippen LogP contribution in [0.25, 0.3) is 0 Å². The van der Waals surface area contributed by atoms with E-state index in [0.717, 1.165) is 0 Å². The fraction of sp³-hybridized carbons (Fsp3) is 0.250. The lowest BCUT2D eigenvalue weighted by Crippen LogP contribution is -2.22. The van der Waals surface area contributed by atoms with Crippen molar-refractivity contribution >= 4 is 13.0 Å². The van der Waals surface area contributed by atoms with Crippen LogP contribution in [0.4, 0.5) is 5.69 Å². The Labute approximate surface area is 86.0 Å². The minimum atomic E-state index is -2.94. The van der Waals surface area contributed by atoms with Crippen LogP contribution in [0.3, 0.4) is 0 Å². The van der Waals surface area contributed by atoms with Gasteiger partial charge in [-0.15, -0.1) is 0 Å². The second-order valence-corrected chi connectivity index (χ2v) is 2.25. The van der Waals surface area contributed by atoms with E-state index in [9.17, 15) is 0 Å². The van der Waals surface area contributed by atoms with Crippen LogP contribution in [-0.4, -0.2) is 31.3 Å². The molecule has 0 atom stereocenters. The van der Waals surface area contributed by atoms with Gasteiger partial charge in [-0.2, -0.15) is 0 Å². The van der Waals surface area contributed by atoms with Gasteiger partial charge in [-0.1, -0.05) is 12.1 Å². The van der Waals surface area contributed by atoms with E-state index < -0.39 is 21.3 Å². The smallest absolute Gasteiger partial charge is 0.510 e. The molecule has 0 aromatic heterocycles. The SMILES string of the molecule is [2H]C([2H])([2H])N(c1ccccc1OB(O)O)C([2H])([2H])[2H]. The Morgan fingerprint density at radius 2 is 2.08 bits per heavy atom. The van der Waals surface area contributed by atoms with Crippen LogP contribution in [0.15, 0.2) is 24.3 Å². The van der Waals surface area contributed by atoms with Crippen LogP contribution in [0.2, 0.25) is 0 Å². The molecule has 0 radical (unpaired) electrons. The van der Waals surface area contributed by atoms with Crippen molar-refractivity contribution in [1.82, 2.24) is 0 Å². The van der Waals surface area contributed by atoms with Gasteiger partial charge in [0.15, 0.2) is 0 Å². The van der Waals surface area contributed by atoms with E-state index >= 15 is 0 Å². The summed E-state index contributed by atoms with van der Waals surface area (Å²) in [6.45, 7) is -5.88. The fourth-order valence-electron chi connectivity index (χ4n) is 0.855. The average molecular weight is 187 g/mol. The summed E-state index contributed by atoms with van der Waals surface area (Å²) in [6.07, 6.45) is 0. The molecule has 1 aromatic carbocycles. The minimum absolute atomic E-state index is 0.206. The number of anilines is 1. The molecule has 5 heteroatoms. The van der Waals surface area contributed by atoms with Gasteiger partial charge in [0.05, 0.1) is 5.69 Å². The van der Waals surface area contributed by atoms with Crippen LogP contribution in [0, 0.1) is 0 Å². The Balaban J connectivity index is 3.31. The van der Waals surface area contributed by atoms with Crippen molar-refractivity contribution in [2.45, 2.75) is 0 Å². The second kappa shape index (κ2) is 4.16. The predicted octanol–water partition coefficient (Wildman–Crippen LogP) is 0.101. The summed E-state index contributed by atoms with van der Waals surface area (Å²) >= 11 is 0. The number of para-hydroxylation sites is 2. The van der Waals surface area contributed by atoms with Gasteiger partial charge in [0.25, 0.3) is 0 Å². The molecule has 0 saturated carbocycles. The molecular weight excluding hydrogens is 169 g/mol. The maximum absolute atomic E-state index is 8.75. The van der Waals surface area contributed by atoms with E-state index in [1.807, 2.05) is 0 Å². The second-order valence-electron chi connectivity index (χ2n) is 2.25. The molecule has 0 aliphatic carbocycles. The molecule has 0 amide bonds. The highest BCUT2D eigenvalue weighted by Crippen LogP contribution is 2.25. The van der Waals surface area contributed by atoms with Crippen LogP contribution in [0.5, 0.6) is 5.75 Å². The first-order valence-electron chi connectivity index (χ1n) is 6.45. The quantitative estimate of drug-likeness (QED) is 0.659. The summed E-state index contributed by atoms with van der Waals surface area (Å²) in [5.41, 5.74) is -0.282. The number of benzene rings is 1. The normalized spacial score (nSPS) is 18.3. The van der Waals surface area contributed by atoms with Crippen molar-refractivity contribution in [2.75, 3.05) is 18.9 Å². The summed E-state index contributed by atoms with van der Waals surface area (Å²) in [5, 5.41) is 17.5. The zero-order valence-corrected chi connectivity index (χ0v) is 6.64. The first-order valence-corrected chi connectivity index (χ1v) is 3.45. The predicted molar refractivity (Wildman–Crippen MR) is 51.6 cm³/mol. The van der Waals surface area contributed by atoms with Crippen LogP contribution in [-0.2, 0) is 0 Å². The van der Waals surface area contributed by atoms with E-state index in [2.05, 4.69) is 4.65 Å². The third kappa shape index (κ3) is 2.64.